The summed E-state index contributed by atoms with van der Waals surface area (Å²) in [5.74, 6) is -1.97. The molecule has 2 rings (SSSR count). The lowest BCUT2D eigenvalue weighted by Crippen LogP contribution is -2.26. The Morgan fingerprint density at radius 1 is 1.33 bits per heavy atom. The fourth-order valence-electron chi connectivity index (χ4n) is 2.05. The molecule has 0 N–H and O–H groups in total. The van der Waals surface area contributed by atoms with Crippen LogP contribution in [0.1, 0.15) is 30.9 Å². The lowest BCUT2D eigenvalue weighted by Gasteiger charge is -2.15. The minimum atomic E-state index is -1.09. The number of ketones is 1. The molecule has 0 aromatic heterocycles. The number of hydrogen-bond donors (Lipinski definition) is 0. The van der Waals surface area contributed by atoms with Gasteiger partial charge in [-0.15, -0.1) is 0 Å². The van der Waals surface area contributed by atoms with E-state index in [9.17, 15) is 14.0 Å². The first-order chi connectivity index (χ1) is 8.24. The average molecular weight is 287 g/mol. The molecule has 1 atom stereocenters. The number of thioether (sulfide) groups is 1. The Bertz CT molecular complexity index is 531. The Morgan fingerprint density at radius 2 is 1.94 bits per heavy atom. The zero-order valence-electron chi connectivity index (χ0n) is 10.2. The Morgan fingerprint density at radius 3 is 2.39 bits per heavy atom. The van der Waals surface area contributed by atoms with E-state index >= 15 is 0 Å². The Balaban J connectivity index is 2.57. The van der Waals surface area contributed by atoms with Crippen molar-refractivity contribution in [1.82, 2.24) is 0 Å². The van der Waals surface area contributed by atoms with E-state index in [1.54, 1.807) is 26.8 Å². The molecule has 0 aliphatic carbocycles. The molecule has 1 fully saturated rings. The Labute approximate surface area is 114 Å². The minimum Gasteiger partial charge on any atom is -0.297 e. The fourth-order valence-corrected chi connectivity index (χ4v) is 3.49. The summed E-state index contributed by atoms with van der Waals surface area (Å²) in [5, 5.41) is -0.202. The molecule has 1 saturated heterocycles. The smallest absolute Gasteiger partial charge is 0.205 e. The van der Waals surface area contributed by atoms with Crippen LogP contribution in [0.3, 0.4) is 0 Å². The number of Topliss-reactive ketones (excluding diaryl/α,β-unsaturated/α-hetero) is 1. The van der Waals surface area contributed by atoms with Gasteiger partial charge in [0.25, 0.3) is 0 Å². The third kappa shape index (κ3) is 2.08. The summed E-state index contributed by atoms with van der Waals surface area (Å²) < 4.78 is 13.1. The first kappa shape index (κ1) is 13.6. The van der Waals surface area contributed by atoms with Gasteiger partial charge < -0.3 is 0 Å². The van der Waals surface area contributed by atoms with Crippen molar-refractivity contribution in [3.63, 3.8) is 0 Å². The van der Waals surface area contributed by atoms with E-state index in [4.69, 9.17) is 11.6 Å². The molecule has 1 unspecified atom stereocenters. The predicted octanol–water partition coefficient (Wildman–Crippen LogP) is 3.49. The van der Waals surface area contributed by atoms with Crippen LogP contribution in [0.4, 0.5) is 4.39 Å². The standard InChI is InChI=1S/C13H12ClFO2S/c1-6-4-7(14)9(8(15)5-6)10-11(16)13(2,3)18-12(10)17/h4-5,10H,1-3H3. The van der Waals surface area contributed by atoms with Crippen molar-refractivity contribution in [2.75, 3.05) is 0 Å². The molecule has 1 heterocycles. The van der Waals surface area contributed by atoms with Crippen LogP contribution in [0.25, 0.3) is 0 Å². The predicted molar refractivity (Wildman–Crippen MR) is 70.6 cm³/mol. The number of aryl methyl sites for hydroxylation is 1. The van der Waals surface area contributed by atoms with Crippen LogP contribution in [0.15, 0.2) is 12.1 Å². The number of rotatable bonds is 1. The number of benzene rings is 1. The fraction of sp³-hybridized carbons (Fsp3) is 0.385. The van der Waals surface area contributed by atoms with E-state index in [1.807, 2.05) is 0 Å². The van der Waals surface area contributed by atoms with Crippen LogP contribution in [-0.2, 0) is 9.59 Å². The molecule has 0 amide bonds. The van der Waals surface area contributed by atoms with Crippen molar-refractivity contribution in [3.05, 3.63) is 34.1 Å². The summed E-state index contributed by atoms with van der Waals surface area (Å²) in [4.78, 5) is 24.1. The quantitative estimate of drug-likeness (QED) is 0.741. The average Bonchev–Trinajstić information content (AvgIpc) is 2.38. The van der Waals surface area contributed by atoms with Crippen LogP contribution in [-0.4, -0.2) is 15.6 Å². The summed E-state index contributed by atoms with van der Waals surface area (Å²) in [5.41, 5.74) is 0.668. The molecule has 18 heavy (non-hydrogen) atoms. The van der Waals surface area contributed by atoms with Crippen molar-refractivity contribution in [3.8, 4) is 0 Å². The maximum atomic E-state index is 14.0. The third-order valence-corrected chi connectivity index (χ3v) is 4.42. The molecule has 96 valence electrons. The van der Waals surface area contributed by atoms with Crippen LogP contribution >= 0.6 is 23.4 Å². The zero-order chi connectivity index (χ0) is 13.7. The molecule has 1 aromatic rings. The molecule has 1 aromatic carbocycles. The van der Waals surface area contributed by atoms with E-state index in [-0.39, 0.29) is 21.5 Å². The monoisotopic (exact) mass is 286 g/mol. The van der Waals surface area contributed by atoms with Crippen LogP contribution in [0, 0.1) is 12.7 Å². The van der Waals surface area contributed by atoms with Crippen molar-refractivity contribution in [2.24, 2.45) is 0 Å². The number of halogens is 2. The summed E-state index contributed by atoms with van der Waals surface area (Å²) >= 11 is 6.93. The third-order valence-electron chi connectivity index (χ3n) is 2.96. The maximum absolute atomic E-state index is 14.0. The van der Waals surface area contributed by atoms with E-state index in [0.29, 0.717) is 5.56 Å². The summed E-state index contributed by atoms with van der Waals surface area (Å²) in [6.07, 6.45) is 0. The van der Waals surface area contributed by atoms with Crippen molar-refractivity contribution < 1.29 is 14.0 Å². The number of hydrogen-bond acceptors (Lipinski definition) is 3. The first-order valence-electron chi connectivity index (χ1n) is 5.47. The summed E-state index contributed by atoms with van der Waals surface area (Å²) in [7, 11) is 0. The van der Waals surface area contributed by atoms with E-state index in [1.165, 1.54) is 6.07 Å². The SMILES string of the molecule is Cc1cc(F)c(C2C(=O)SC(C)(C)C2=O)c(Cl)c1. The van der Waals surface area contributed by atoms with E-state index < -0.39 is 16.5 Å². The molecule has 0 radical (unpaired) electrons. The largest absolute Gasteiger partial charge is 0.297 e. The van der Waals surface area contributed by atoms with Gasteiger partial charge in [-0.3, -0.25) is 9.59 Å². The molecule has 0 bridgehead atoms. The second kappa shape index (κ2) is 4.35. The van der Waals surface area contributed by atoms with Crippen LogP contribution in [0.5, 0.6) is 0 Å². The van der Waals surface area contributed by atoms with Crippen LogP contribution in [0.2, 0.25) is 5.02 Å². The van der Waals surface area contributed by atoms with Crippen LogP contribution < -0.4 is 0 Å². The van der Waals surface area contributed by atoms with E-state index in [2.05, 4.69) is 0 Å². The zero-order valence-corrected chi connectivity index (χ0v) is 11.8. The van der Waals surface area contributed by atoms with Gasteiger partial charge in [0.05, 0.1) is 4.75 Å². The number of carbonyl (C=O) groups excluding carboxylic acids is 2. The normalized spacial score (nSPS) is 22.6. The Kier molecular flexibility index (Phi) is 3.28. The van der Waals surface area contributed by atoms with Gasteiger partial charge in [0.15, 0.2) is 5.78 Å². The molecule has 1 aliphatic heterocycles. The second-order valence-electron chi connectivity index (χ2n) is 4.87. The molecule has 0 saturated carbocycles. The van der Waals surface area contributed by atoms with Gasteiger partial charge in [0.1, 0.15) is 11.7 Å². The minimum absolute atomic E-state index is 0.00958. The van der Waals surface area contributed by atoms with Gasteiger partial charge in [-0.25, -0.2) is 4.39 Å². The first-order valence-corrected chi connectivity index (χ1v) is 6.66. The topological polar surface area (TPSA) is 34.1 Å². The van der Waals surface area contributed by atoms with Gasteiger partial charge >= 0.3 is 0 Å². The van der Waals surface area contributed by atoms with Crippen molar-refractivity contribution >= 4 is 34.3 Å². The van der Waals surface area contributed by atoms with Gasteiger partial charge in [0, 0.05) is 10.6 Å². The highest BCUT2D eigenvalue weighted by Crippen LogP contribution is 2.46. The highest BCUT2D eigenvalue weighted by Gasteiger charge is 2.49. The lowest BCUT2D eigenvalue weighted by molar-refractivity contribution is -0.124. The van der Waals surface area contributed by atoms with E-state index in [0.717, 1.165) is 11.8 Å². The van der Waals surface area contributed by atoms with Gasteiger partial charge in [-0.1, -0.05) is 23.4 Å². The lowest BCUT2D eigenvalue weighted by atomic mass is 9.89. The summed E-state index contributed by atoms with van der Waals surface area (Å²) in [6, 6.07) is 2.86. The molecule has 5 heteroatoms. The van der Waals surface area contributed by atoms with Crippen molar-refractivity contribution in [1.29, 1.82) is 0 Å². The number of carbonyl (C=O) groups is 2. The molecular formula is C13H12ClFO2S. The van der Waals surface area contributed by atoms with Gasteiger partial charge in [-0.05, 0) is 38.5 Å². The van der Waals surface area contributed by atoms with Gasteiger partial charge in [-0.2, -0.15) is 0 Å². The van der Waals surface area contributed by atoms with Gasteiger partial charge in [0.2, 0.25) is 5.12 Å². The maximum Gasteiger partial charge on any atom is 0.205 e. The Hall–Kier alpha value is -0.870. The highest BCUT2D eigenvalue weighted by molar-refractivity contribution is 8.16. The molecule has 2 nitrogen and oxygen atoms in total. The molecular weight excluding hydrogens is 275 g/mol. The molecule has 1 aliphatic rings. The second-order valence-corrected chi connectivity index (χ2v) is 6.91. The van der Waals surface area contributed by atoms with Crippen molar-refractivity contribution in [2.45, 2.75) is 31.4 Å². The summed E-state index contributed by atoms with van der Waals surface area (Å²) in [6.45, 7) is 5.03. The molecule has 0 spiro atoms. The highest BCUT2D eigenvalue weighted by atomic mass is 35.5.